The van der Waals surface area contributed by atoms with Crippen LogP contribution in [0.4, 0.5) is 13.2 Å². The van der Waals surface area contributed by atoms with Gasteiger partial charge in [0.25, 0.3) is 0 Å². The lowest BCUT2D eigenvalue weighted by atomic mass is 10.5. The third-order valence-electron chi connectivity index (χ3n) is 1.21. The largest absolute Gasteiger partial charge is 0.413 e. The van der Waals surface area contributed by atoms with Gasteiger partial charge in [0.2, 0.25) is 0 Å². The number of nitrogens with zero attached hydrogens (tertiary/aromatic N) is 2. The van der Waals surface area contributed by atoms with Crippen LogP contribution >= 0.6 is 0 Å². The van der Waals surface area contributed by atoms with Gasteiger partial charge >= 0.3 is 6.18 Å². The van der Waals surface area contributed by atoms with Gasteiger partial charge < -0.3 is 0 Å². The van der Waals surface area contributed by atoms with Gasteiger partial charge in [0.15, 0.2) is 6.61 Å². The van der Waals surface area contributed by atoms with Crippen LogP contribution in [0.2, 0.25) is 0 Å². The van der Waals surface area contributed by atoms with Crippen LogP contribution in [0.15, 0.2) is 18.6 Å². The average Bonchev–Trinajstić information content (AvgIpc) is 2.13. The second-order valence-corrected chi connectivity index (χ2v) is 2.42. The summed E-state index contributed by atoms with van der Waals surface area (Å²) < 4.78 is 34.8. The lowest BCUT2D eigenvalue weighted by Crippen LogP contribution is -2.24. The predicted octanol–water partition coefficient (Wildman–Crippen LogP) is 1.06. The van der Waals surface area contributed by atoms with Crippen molar-refractivity contribution >= 4 is 0 Å². The Morgan fingerprint density at radius 3 is 2.71 bits per heavy atom. The second-order valence-electron chi connectivity index (χ2n) is 2.42. The number of halogens is 3. The van der Waals surface area contributed by atoms with Crippen LogP contribution in [0.25, 0.3) is 0 Å². The van der Waals surface area contributed by atoms with Gasteiger partial charge in [-0.3, -0.25) is 14.8 Å². The predicted molar refractivity (Wildman–Crippen MR) is 40.9 cm³/mol. The summed E-state index contributed by atoms with van der Waals surface area (Å²) in [6.07, 6.45) is 0.0279. The van der Waals surface area contributed by atoms with Gasteiger partial charge in [0.05, 0.1) is 12.2 Å². The Morgan fingerprint density at radius 2 is 2.14 bits per heavy atom. The van der Waals surface area contributed by atoms with Crippen LogP contribution in [0.5, 0.6) is 0 Å². The molecule has 0 aliphatic carbocycles. The molecule has 0 bridgehead atoms. The molecule has 0 atom stereocenters. The van der Waals surface area contributed by atoms with Crippen molar-refractivity contribution in [1.29, 1.82) is 0 Å². The number of hydrogen-bond donors (Lipinski definition) is 1. The van der Waals surface area contributed by atoms with Crippen LogP contribution < -0.4 is 5.48 Å². The Labute approximate surface area is 78.1 Å². The Kier molecular flexibility index (Phi) is 3.78. The molecule has 0 amide bonds. The van der Waals surface area contributed by atoms with E-state index in [1.54, 1.807) is 0 Å². The van der Waals surface area contributed by atoms with Crippen LogP contribution in [0.3, 0.4) is 0 Å². The molecule has 1 heterocycles. The minimum absolute atomic E-state index is 0.0872. The van der Waals surface area contributed by atoms with Crippen molar-refractivity contribution in [3.63, 3.8) is 0 Å². The molecule has 0 aliphatic rings. The van der Waals surface area contributed by atoms with Crippen molar-refractivity contribution in [3.05, 3.63) is 24.3 Å². The molecule has 1 aromatic heterocycles. The summed E-state index contributed by atoms with van der Waals surface area (Å²) in [4.78, 5) is 11.7. The molecule has 4 nitrogen and oxygen atoms in total. The van der Waals surface area contributed by atoms with Gasteiger partial charge in [-0.25, -0.2) is 0 Å². The van der Waals surface area contributed by atoms with Crippen LogP contribution in [-0.4, -0.2) is 22.8 Å². The molecule has 1 rings (SSSR count). The molecule has 0 saturated heterocycles. The van der Waals surface area contributed by atoms with E-state index in [0.29, 0.717) is 5.69 Å². The van der Waals surface area contributed by atoms with Crippen LogP contribution in [0, 0.1) is 0 Å². The minimum Gasteiger partial charge on any atom is -0.292 e. The van der Waals surface area contributed by atoms with Crippen molar-refractivity contribution < 1.29 is 18.0 Å². The molecular formula is C7H8F3N3O. The van der Waals surface area contributed by atoms with E-state index in [4.69, 9.17) is 0 Å². The number of hydrogen-bond acceptors (Lipinski definition) is 4. The monoisotopic (exact) mass is 207 g/mol. The van der Waals surface area contributed by atoms with Gasteiger partial charge in [0.1, 0.15) is 0 Å². The van der Waals surface area contributed by atoms with E-state index in [1.165, 1.54) is 18.6 Å². The Bertz CT molecular complexity index is 265. The van der Waals surface area contributed by atoms with Gasteiger partial charge in [-0.05, 0) is 0 Å². The molecule has 0 aliphatic heterocycles. The summed E-state index contributed by atoms with van der Waals surface area (Å²) in [5, 5.41) is 0. The lowest BCUT2D eigenvalue weighted by Gasteiger charge is -2.07. The molecule has 0 unspecified atom stereocenters. The standard InChI is InChI=1S/C7H8F3N3O/c8-7(9,10)5-14-13-4-6-3-11-1-2-12-6/h1-3,13H,4-5H2. The van der Waals surface area contributed by atoms with E-state index < -0.39 is 12.8 Å². The number of hydroxylamine groups is 1. The van der Waals surface area contributed by atoms with E-state index in [-0.39, 0.29) is 6.54 Å². The number of nitrogens with one attached hydrogen (secondary N) is 1. The number of rotatable bonds is 4. The van der Waals surface area contributed by atoms with E-state index >= 15 is 0 Å². The van der Waals surface area contributed by atoms with Gasteiger partial charge in [-0.2, -0.15) is 18.7 Å². The molecule has 0 aromatic carbocycles. The Hall–Kier alpha value is -1.21. The van der Waals surface area contributed by atoms with E-state index in [0.717, 1.165) is 0 Å². The zero-order valence-electron chi connectivity index (χ0n) is 7.08. The van der Waals surface area contributed by atoms with Gasteiger partial charge in [-0.15, -0.1) is 0 Å². The van der Waals surface area contributed by atoms with E-state index in [2.05, 4.69) is 20.3 Å². The maximum atomic E-state index is 11.6. The first kappa shape index (κ1) is 10.9. The molecule has 7 heteroatoms. The van der Waals surface area contributed by atoms with Gasteiger partial charge in [0, 0.05) is 18.6 Å². The second kappa shape index (κ2) is 4.87. The first-order valence-corrected chi connectivity index (χ1v) is 3.74. The summed E-state index contributed by atoms with van der Waals surface area (Å²) >= 11 is 0. The van der Waals surface area contributed by atoms with Crippen LogP contribution in [-0.2, 0) is 11.4 Å². The highest BCUT2D eigenvalue weighted by Gasteiger charge is 2.27. The Morgan fingerprint density at radius 1 is 1.36 bits per heavy atom. The third-order valence-corrected chi connectivity index (χ3v) is 1.21. The highest BCUT2D eigenvalue weighted by Crippen LogP contribution is 2.13. The first-order chi connectivity index (χ1) is 6.58. The van der Waals surface area contributed by atoms with Gasteiger partial charge in [-0.1, -0.05) is 0 Å². The summed E-state index contributed by atoms with van der Waals surface area (Å²) in [5.41, 5.74) is 2.64. The molecule has 78 valence electrons. The Balaban J connectivity index is 2.17. The van der Waals surface area contributed by atoms with E-state index in [9.17, 15) is 13.2 Å². The normalized spacial score (nSPS) is 11.6. The zero-order chi connectivity index (χ0) is 10.4. The highest BCUT2D eigenvalue weighted by atomic mass is 19.4. The lowest BCUT2D eigenvalue weighted by molar-refractivity contribution is -0.190. The maximum absolute atomic E-state index is 11.6. The van der Waals surface area contributed by atoms with Crippen molar-refractivity contribution in [2.24, 2.45) is 0 Å². The minimum atomic E-state index is -4.32. The number of alkyl halides is 3. The summed E-state index contributed by atoms with van der Waals surface area (Å²) in [6, 6.07) is 0. The van der Waals surface area contributed by atoms with Crippen molar-refractivity contribution in [3.8, 4) is 0 Å². The summed E-state index contributed by atoms with van der Waals surface area (Å²) in [6.45, 7) is -1.24. The summed E-state index contributed by atoms with van der Waals surface area (Å²) in [7, 11) is 0. The molecule has 0 spiro atoms. The van der Waals surface area contributed by atoms with E-state index in [1.807, 2.05) is 0 Å². The quantitative estimate of drug-likeness (QED) is 0.592. The third kappa shape index (κ3) is 4.73. The van der Waals surface area contributed by atoms with Crippen molar-refractivity contribution in [2.75, 3.05) is 6.61 Å². The first-order valence-electron chi connectivity index (χ1n) is 3.74. The fourth-order valence-corrected chi connectivity index (χ4v) is 0.679. The SMILES string of the molecule is FC(F)(F)CONCc1cnccn1. The molecule has 1 aromatic rings. The van der Waals surface area contributed by atoms with Crippen molar-refractivity contribution in [2.45, 2.75) is 12.7 Å². The highest BCUT2D eigenvalue weighted by molar-refractivity contribution is 4.92. The van der Waals surface area contributed by atoms with Crippen molar-refractivity contribution in [1.82, 2.24) is 15.4 Å². The molecular weight excluding hydrogens is 199 g/mol. The smallest absolute Gasteiger partial charge is 0.292 e. The summed E-state index contributed by atoms with van der Waals surface area (Å²) in [5.74, 6) is 0. The zero-order valence-corrected chi connectivity index (χ0v) is 7.08. The molecule has 0 fully saturated rings. The molecule has 14 heavy (non-hydrogen) atoms. The fourth-order valence-electron chi connectivity index (χ4n) is 0.679. The molecule has 0 radical (unpaired) electrons. The molecule has 1 N–H and O–H groups in total. The number of aromatic nitrogens is 2. The maximum Gasteiger partial charge on any atom is 0.413 e. The van der Waals surface area contributed by atoms with Crippen LogP contribution in [0.1, 0.15) is 5.69 Å². The topological polar surface area (TPSA) is 47.0 Å². The average molecular weight is 207 g/mol. The molecule has 0 saturated carbocycles. The fraction of sp³-hybridized carbons (Fsp3) is 0.429.